The van der Waals surface area contributed by atoms with Crippen molar-refractivity contribution < 1.29 is 17.0 Å². The van der Waals surface area contributed by atoms with Crippen LogP contribution in [0.2, 0.25) is 0 Å². The van der Waals surface area contributed by atoms with E-state index >= 15 is 0 Å². The van der Waals surface area contributed by atoms with Crippen molar-refractivity contribution >= 4 is 10.2 Å². The summed E-state index contributed by atoms with van der Waals surface area (Å²) in [6.45, 7) is 4.93. The van der Waals surface area contributed by atoms with Gasteiger partial charge in [-0.3, -0.25) is 0 Å². The standard InChI is InChI=1S/C11H19FO3S/c1-10(2)3-4-11(8-10)5-6-15-9(11)7-16(12,13)14/h9H,3-8H2,1-2H3. The summed E-state index contributed by atoms with van der Waals surface area (Å²) in [6, 6.07) is 0. The van der Waals surface area contributed by atoms with E-state index in [-0.39, 0.29) is 10.8 Å². The minimum atomic E-state index is -4.43. The molecule has 0 bridgehead atoms. The second-order valence-corrected chi connectivity index (χ2v) is 7.43. The molecule has 1 heterocycles. The van der Waals surface area contributed by atoms with Crippen molar-refractivity contribution in [3.8, 4) is 0 Å². The minimum Gasteiger partial charge on any atom is -0.376 e. The molecule has 1 spiro atoms. The van der Waals surface area contributed by atoms with Crippen molar-refractivity contribution in [3.05, 3.63) is 0 Å². The fourth-order valence-corrected chi connectivity index (χ4v) is 4.16. The predicted octanol–water partition coefficient (Wildman–Crippen LogP) is 2.27. The Bertz CT molecular complexity index is 377. The second kappa shape index (κ2) is 3.67. The van der Waals surface area contributed by atoms with E-state index in [1.54, 1.807) is 0 Å². The van der Waals surface area contributed by atoms with Crippen LogP contribution in [0.3, 0.4) is 0 Å². The first-order valence-corrected chi connectivity index (χ1v) is 7.32. The van der Waals surface area contributed by atoms with Crippen molar-refractivity contribution in [1.82, 2.24) is 0 Å². The van der Waals surface area contributed by atoms with Crippen LogP contribution >= 0.6 is 0 Å². The van der Waals surface area contributed by atoms with Crippen LogP contribution in [0.1, 0.15) is 39.5 Å². The van der Waals surface area contributed by atoms with Gasteiger partial charge in [0.2, 0.25) is 0 Å². The fraction of sp³-hybridized carbons (Fsp3) is 1.00. The maximum Gasteiger partial charge on any atom is 0.304 e. The molecule has 94 valence electrons. The minimum absolute atomic E-state index is 0.0946. The third-order valence-electron chi connectivity index (χ3n) is 4.08. The number of halogens is 1. The maximum absolute atomic E-state index is 12.8. The Morgan fingerprint density at radius 3 is 2.50 bits per heavy atom. The summed E-state index contributed by atoms with van der Waals surface area (Å²) in [5.41, 5.74) is 0.134. The molecule has 1 saturated heterocycles. The monoisotopic (exact) mass is 250 g/mol. The largest absolute Gasteiger partial charge is 0.376 e. The zero-order valence-corrected chi connectivity index (χ0v) is 10.6. The molecule has 2 aliphatic rings. The highest BCUT2D eigenvalue weighted by atomic mass is 32.3. The average molecular weight is 250 g/mol. The highest BCUT2D eigenvalue weighted by Gasteiger charge is 2.52. The third kappa shape index (κ3) is 2.40. The van der Waals surface area contributed by atoms with E-state index < -0.39 is 22.1 Å². The first-order chi connectivity index (χ1) is 7.23. The molecule has 2 fully saturated rings. The van der Waals surface area contributed by atoms with Crippen LogP contribution < -0.4 is 0 Å². The Morgan fingerprint density at radius 2 is 2.00 bits per heavy atom. The third-order valence-corrected chi connectivity index (χ3v) is 4.78. The molecule has 0 radical (unpaired) electrons. The molecule has 1 aliphatic carbocycles. The average Bonchev–Trinajstić information content (AvgIpc) is 2.56. The molecule has 16 heavy (non-hydrogen) atoms. The summed E-state index contributed by atoms with van der Waals surface area (Å²) in [7, 11) is -4.43. The summed E-state index contributed by atoms with van der Waals surface area (Å²) in [5, 5.41) is 0. The van der Waals surface area contributed by atoms with Gasteiger partial charge in [0.15, 0.2) is 0 Å². The molecule has 1 saturated carbocycles. The van der Waals surface area contributed by atoms with Crippen LogP contribution in [0, 0.1) is 10.8 Å². The molecule has 2 unspecified atom stereocenters. The molecule has 2 rings (SSSR count). The Kier molecular flexibility index (Phi) is 2.82. The van der Waals surface area contributed by atoms with Gasteiger partial charge in [0.25, 0.3) is 0 Å². The van der Waals surface area contributed by atoms with Crippen LogP contribution in [-0.4, -0.2) is 26.9 Å². The van der Waals surface area contributed by atoms with Crippen molar-refractivity contribution in [2.45, 2.75) is 45.6 Å². The SMILES string of the molecule is CC1(C)CCC2(CCOC2CS(=O)(=O)F)C1. The molecule has 3 nitrogen and oxygen atoms in total. The molecule has 2 atom stereocenters. The van der Waals surface area contributed by atoms with E-state index in [1.807, 2.05) is 0 Å². The summed E-state index contributed by atoms with van der Waals surface area (Å²) in [6.07, 6.45) is 3.40. The van der Waals surface area contributed by atoms with Gasteiger partial charge in [0.05, 0.1) is 6.10 Å². The van der Waals surface area contributed by atoms with E-state index in [9.17, 15) is 12.3 Å². The van der Waals surface area contributed by atoms with E-state index in [0.717, 1.165) is 25.7 Å². The lowest BCUT2D eigenvalue weighted by Crippen LogP contribution is -2.34. The number of ether oxygens (including phenoxy) is 1. The van der Waals surface area contributed by atoms with Crippen molar-refractivity contribution in [2.24, 2.45) is 10.8 Å². The van der Waals surface area contributed by atoms with Crippen LogP contribution in [0.4, 0.5) is 3.89 Å². The van der Waals surface area contributed by atoms with Gasteiger partial charge >= 0.3 is 10.2 Å². The zero-order valence-electron chi connectivity index (χ0n) is 9.83. The number of hydrogen-bond acceptors (Lipinski definition) is 3. The van der Waals surface area contributed by atoms with Gasteiger partial charge in [-0.05, 0) is 31.1 Å². The molecule has 0 aromatic carbocycles. The highest BCUT2D eigenvalue weighted by Crippen LogP contribution is 2.56. The van der Waals surface area contributed by atoms with E-state index in [4.69, 9.17) is 4.74 Å². The van der Waals surface area contributed by atoms with Crippen LogP contribution in [0.5, 0.6) is 0 Å². The van der Waals surface area contributed by atoms with E-state index in [2.05, 4.69) is 13.8 Å². The highest BCUT2D eigenvalue weighted by molar-refractivity contribution is 7.86. The molecule has 0 amide bonds. The van der Waals surface area contributed by atoms with Crippen molar-refractivity contribution in [1.29, 1.82) is 0 Å². The first kappa shape index (κ1) is 12.3. The lowest BCUT2D eigenvalue weighted by molar-refractivity contribution is 0.0632. The quantitative estimate of drug-likeness (QED) is 0.706. The molecule has 0 N–H and O–H groups in total. The Morgan fingerprint density at radius 1 is 1.31 bits per heavy atom. The van der Waals surface area contributed by atoms with Gasteiger partial charge in [-0.2, -0.15) is 8.42 Å². The summed E-state index contributed by atoms with van der Waals surface area (Å²) >= 11 is 0. The summed E-state index contributed by atoms with van der Waals surface area (Å²) in [4.78, 5) is 0. The Balaban J connectivity index is 2.15. The summed E-state index contributed by atoms with van der Waals surface area (Å²) < 4.78 is 39.7. The number of rotatable bonds is 2. The second-order valence-electron chi connectivity index (χ2n) is 6.02. The molecular formula is C11H19FO3S. The van der Waals surface area contributed by atoms with Crippen LogP contribution in [0.25, 0.3) is 0 Å². The molecule has 1 aliphatic heterocycles. The lowest BCUT2D eigenvalue weighted by atomic mass is 9.77. The lowest BCUT2D eigenvalue weighted by Gasteiger charge is -2.30. The van der Waals surface area contributed by atoms with Crippen molar-refractivity contribution in [2.75, 3.05) is 12.4 Å². The van der Waals surface area contributed by atoms with Gasteiger partial charge in [-0.1, -0.05) is 13.8 Å². The zero-order chi connectivity index (χ0) is 12.0. The maximum atomic E-state index is 12.8. The van der Waals surface area contributed by atoms with Crippen molar-refractivity contribution in [3.63, 3.8) is 0 Å². The number of hydrogen-bond donors (Lipinski definition) is 0. The van der Waals surface area contributed by atoms with Gasteiger partial charge < -0.3 is 4.74 Å². The van der Waals surface area contributed by atoms with Gasteiger partial charge in [-0.15, -0.1) is 3.89 Å². The van der Waals surface area contributed by atoms with Crippen LogP contribution in [-0.2, 0) is 15.0 Å². The summed E-state index contributed by atoms with van der Waals surface area (Å²) in [5.74, 6) is -0.469. The predicted molar refractivity (Wildman–Crippen MR) is 59.3 cm³/mol. The van der Waals surface area contributed by atoms with E-state index in [1.165, 1.54) is 0 Å². The topological polar surface area (TPSA) is 43.4 Å². The van der Waals surface area contributed by atoms with Gasteiger partial charge in [0.1, 0.15) is 5.75 Å². The molecule has 0 aromatic heterocycles. The molecule has 5 heteroatoms. The van der Waals surface area contributed by atoms with Gasteiger partial charge in [0, 0.05) is 12.0 Å². The Hall–Kier alpha value is -0.160. The normalized spacial score (nSPS) is 38.3. The smallest absolute Gasteiger partial charge is 0.304 e. The fourth-order valence-electron chi connectivity index (χ4n) is 3.35. The first-order valence-electron chi connectivity index (χ1n) is 5.77. The molecule has 0 aromatic rings. The Labute approximate surface area is 96.6 Å². The van der Waals surface area contributed by atoms with Gasteiger partial charge in [-0.25, -0.2) is 0 Å². The van der Waals surface area contributed by atoms with E-state index in [0.29, 0.717) is 6.61 Å². The van der Waals surface area contributed by atoms with Crippen LogP contribution in [0.15, 0.2) is 0 Å². The molecular weight excluding hydrogens is 231 g/mol.